The number of benzene rings is 2. The van der Waals surface area contributed by atoms with Gasteiger partial charge in [-0.25, -0.2) is 29.9 Å². The van der Waals surface area contributed by atoms with Crippen LogP contribution in [0.3, 0.4) is 0 Å². The fourth-order valence-corrected chi connectivity index (χ4v) is 7.98. The summed E-state index contributed by atoms with van der Waals surface area (Å²) in [6.45, 7) is 0. The van der Waals surface area contributed by atoms with Gasteiger partial charge < -0.3 is 0 Å². The molecule has 0 spiro atoms. The summed E-state index contributed by atoms with van der Waals surface area (Å²) in [5, 5.41) is 8.27. The number of hydrogen-bond donors (Lipinski definition) is 0. The van der Waals surface area contributed by atoms with E-state index >= 15 is 0 Å². The molecule has 9 aromatic rings. The summed E-state index contributed by atoms with van der Waals surface area (Å²) in [5.41, 5.74) is 9.79. The van der Waals surface area contributed by atoms with Crippen molar-refractivity contribution in [2.24, 2.45) is 0 Å². The van der Waals surface area contributed by atoms with E-state index in [4.69, 9.17) is 29.9 Å². The maximum atomic E-state index is 5.09. The minimum Gasteiger partial charge on any atom is -0.244 e. The highest BCUT2D eigenvalue weighted by atomic mass is 32.1. The predicted octanol–water partition coefficient (Wildman–Crippen LogP) is 9.58. The molecule has 7 aromatic heterocycles. The summed E-state index contributed by atoms with van der Waals surface area (Å²) in [6, 6.07) is 24.5. The van der Waals surface area contributed by atoms with E-state index in [9.17, 15) is 0 Å². The van der Waals surface area contributed by atoms with Crippen molar-refractivity contribution in [3.05, 3.63) is 94.3 Å². The minimum atomic E-state index is 0.770. The molecule has 10 heteroatoms. The molecule has 0 amide bonds. The molecule has 0 bridgehead atoms. The van der Waals surface area contributed by atoms with Crippen molar-refractivity contribution in [3.63, 3.8) is 0 Å². The molecule has 0 radical (unpaired) electrons. The fraction of sp³-hybridized carbons (Fsp3) is 0. The zero-order valence-corrected chi connectivity index (χ0v) is 24.8. The average molecular weight is 613 g/mol. The van der Waals surface area contributed by atoms with E-state index in [1.165, 1.54) is 0 Å². The molecule has 0 aliphatic rings. The van der Waals surface area contributed by atoms with Gasteiger partial charge in [-0.2, -0.15) is 0 Å². The lowest BCUT2D eigenvalue weighted by molar-refractivity contribution is 1.30. The van der Waals surface area contributed by atoms with Gasteiger partial charge in [0.2, 0.25) is 0 Å². The van der Waals surface area contributed by atoms with Crippen LogP contribution in [0.4, 0.5) is 0 Å². The van der Waals surface area contributed by atoms with E-state index in [1.54, 1.807) is 45.3 Å². The van der Waals surface area contributed by atoms with Gasteiger partial charge in [0.15, 0.2) is 0 Å². The standard InChI is InChI=1S/C32H16N6S4/c1-5-25(39-9-1)29-30(26-6-2-10-40-26)36-22-14-18-17(13-21(22)35-29)33-19-15-23-24(16-20(19)34-18)38-32(28-8-4-12-42-28)31(37-23)27-7-3-11-41-27/h1-16H. The molecule has 0 aliphatic carbocycles. The van der Waals surface area contributed by atoms with E-state index in [1.807, 2.05) is 48.5 Å². The minimum absolute atomic E-state index is 0.770. The van der Waals surface area contributed by atoms with Gasteiger partial charge in [0.1, 0.15) is 22.8 Å². The van der Waals surface area contributed by atoms with Crippen LogP contribution < -0.4 is 0 Å². The largest absolute Gasteiger partial charge is 0.244 e. The third kappa shape index (κ3) is 3.95. The predicted molar refractivity (Wildman–Crippen MR) is 176 cm³/mol. The number of rotatable bonds is 4. The molecule has 9 rings (SSSR count). The number of nitrogens with zero attached hydrogens (tertiary/aromatic N) is 6. The number of aromatic nitrogens is 6. The smallest absolute Gasteiger partial charge is 0.108 e. The normalized spacial score (nSPS) is 11.8. The maximum absolute atomic E-state index is 5.09. The molecule has 7 heterocycles. The SMILES string of the molecule is c1csc(-c2nc3cc4nc5cc6nc(-c7cccs7)c(-c7cccs7)nc6cc5nc4cc3nc2-c2cccs2)c1. The second-order valence-electron chi connectivity index (χ2n) is 9.63. The lowest BCUT2D eigenvalue weighted by Crippen LogP contribution is -1.97. The van der Waals surface area contributed by atoms with E-state index in [0.717, 1.165) is 86.4 Å². The Hall–Kier alpha value is -4.48. The molecular weight excluding hydrogens is 597 g/mol. The summed E-state index contributed by atoms with van der Waals surface area (Å²) in [6.07, 6.45) is 0. The van der Waals surface area contributed by atoms with Crippen molar-refractivity contribution in [1.29, 1.82) is 0 Å². The van der Waals surface area contributed by atoms with Crippen molar-refractivity contribution < 1.29 is 0 Å². The highest BCUT2D eigenvalue weighted by molar-refractivity contribution is 7.15. The highest BCUT2D eigenvalue weighted by Crippen LogP contribution is 2.38. The van der Waals surface area contributed by atoms with Crippen molar-refractivity contribution in [2.75, 3.05) is 0 Å². The molecular formula is C32H16N6S4. The Labute approximate surface area is 254 Å². The molecule has 0 atom stereocenters. The monoisotopic (exact) mass is 612 g/mol. The second-order valence-corrected chi connectivity index (χ2v) is 13.4. The van der Waals surface area contributed by atoms with Gasteiger partial charge in [0.25, 0.3) is 0 Å². The van der Waals surface area contributed by atoms with E-state index < -0.39 is 0 Å². The van der Waals surface area contributed by atoms with Crippen LogP contribution in [0.1, 0.15) is 0 Å². The van der Waals surface area contributed by atoms with Crippen molar-refractivity contribution >= 4 is 89.5 Å². The van der Waals surface area contributed by atoms with Crippen LogP contribution in [0.25, 0.3) is 86.4 Å². The van der Waals surface area contributed by atoms with Crippen LogP contribution in [-0.2, 0) is 0 Å². The third-order valence-electron chi connectivity index (χ3n) is 7.02. The summed E-state index contributed by atoms with van der Waals surface area (Å²) in [7, 11) is 0. The van der Waals surface area contributed by atoms with E-state index in [-0.39, 0.29) is 0 Å². The Morgan fingerprint density at radius 3 is 0.762 bits per heavy atom. The van der Waals surface area contributed by atoms with Gasteiger partial charge in [0.05, 0.1) is 63.6 Å². The summed E-state index contributed by atoms with van der Waals surface area (Å²) in [4.78, 5) is 34.8. The quantitative estimate of drug-likeness (QED) is 0.184. The van der Waals surface area contributed by atoms with Gasteiger partial charge in [-0.05, 0) is 70.1 Å². The van der Waals surface area contributed by atoms with Crippen LogP contribution in [-0.4, -0.2) is 29.9 Å². The van der Waals surface area contributed by atoms with Crippen LogP contribution in [0, 0.1) is 0 Å². The molecule has 0 fully saturated rings. The Morgan fingerprint density at radius 1 is 0.310 bits per heavy atom. The highest BCUT2D eigenvalue weighted by Gasteiger charge is 2.18. The van der Waals surface area contributed by atoms with Gasteiger partial charge in [-0.3, -0.25) is 0 Å². The Morgan fingerprint density at radius 2 is 0.548 bits per heavy atom. The van der Waals surface area contributed by atoms with Crippen molar-refractivity contribution in [1.82, 2.24) is 29.9 Å². The second kappa shape index (κ2) is 9.53. The van der Waals surface area contributed by atoms with E-state index in [0.29, 0.717) is 0 Å². The Bertz CT molecular complexity index is 2060. The van der Waals surface area contributed by atoms with Gasteiger partial charge >= 0.3 is 0 Å². The molecule has 0 unspecified atom stereocenters. The van der Waals surface area contributed by atoms with Crippen LogP contribution >= 0.6 is 45.3 Å². The maximum Gasteiger partial charge on any atom is 0.108 e. The van der Waals surface area contributed by atoms with Crippen LogP contribution in [0.15, 0.2) is 94.3 Å². The number of hydrogen-bond acceptors (Lipinski definition) is 10. The van der Waals surface area contributed by atoms with Crippen molar-refractivity contribution in [3.8, 4) is 42.3 Å². The molecule has 2 aromatic carbocycles. The molecule has 42 heavy (non-hydrogen) atoms. The fourth-order valence-electron chi connectivity index (χ4n) is 5.12. The van der Waals surface area contributed by atoms with Crippen LogP contribution in [0.5, 0.6) is 0 Å². The molecule has 0 saturated heterocycles. The Balaban J connectivity index is 1.27. The first kappa shape index (κ1) is 24.2. The first-order valence-electron chi connectivity index (χ1n) is 13.1. The molecule has 0 saturated carbocycles. The number of thiophene rings is 4. The summed E-state index contributed by atoms with van der Waals surface area (Å²) in [5.74, 6) is 0. The van der Waals surface area contributed by atoms with Gasteiger partial charge in [-0.1, -0.05) is 24.3 Å². The average Bonchev–Trinajstić information content (AvgIpc) is 3.84. The molecule has 0 aliphatic heterocycles. The zero-order valence-electron chi connectivity index (χ0n) is 21.6. The first-order valence-corrected chi connectivity index (χ1v) is 16.6. The Kier molecular flexibility index (Phi) is 5.48. The van der Waals surface area contributed by atoms with E-state index in [2.05, 4.69) is 45.8 Å². The zero-order chi connectivity index (χ0) is 27.6. The lowest BCUT2D eigenvalue weighted by Gasteiger charge is -2.10. The molecule has 6 nitrogen and oxygen atoms in total. The van der Waals surface area contributed by atoms with Gasteiger partial charge in [0, 0.05) is 0 Å². The third-order valence-corrected chi connectivity index (χ3v) is 10.5. The first-order chi connectivity index (χ1) is 20.8. The summed E-state index contributed by atoms with van der Waals surface area (Å²) < 4.78 is 0. The summed E-state index contributed by atoms with van der Waals surface area (Å²) >= 11 is 6.66. The molecule has 0 N–H and O–H groups in total. The van der Waals surface area contributed by atoms with Gasteiger partial charge in [-0.15, -0.1) is 45.3 Å². The lowest BCUT2D eigenvalue weighted by atomic mass is 10.1. The van der Waals surface area contributed by atoms with Crippen LogP contribution in [0.2, 0.25) is 0 Å². The topological polar surface area (TPSA) is 77.3 Å². The number of fused-ring (bicyclic) bond motifs is 4. The van der Waals surface area contributed by atoms with Crippen molar-refractivity contribution in [2.45, 2.75) is 0 Å². The molecule has 198 valence electrons.